The summed E-state index contributed by atoms with van der Waals surface area (Å²) in [6.45, 7) is 3.49. The fraction of sp³-hybridized carbons (Fsp3) is 0.364. The van der Waals surface area contributed by atoms with Crippen molar-refractivity contribution in [1.29, 1.82) is 0 Å². The van der Waals surface area contributed by atoms with E-state index in [2.05, 4.69) is 5.32 Å². The average Bonchev–Trinajstić information content (AvgIpc) is 3.70. The first-order chi connectivity index (χ1) is 22.5. The minimum atomic E-state index is -4.11. The van der Waals surface area contributed by atoms with E-state index in [0.717, 1.165) is 5.56 Å². The molecule has 0 spiro atoms. The number of anilines is 1. The van der Waals surface area contributed by atoms with Gasteiger partial charge in [-0.15, -0.1) is 0 Å². The van der Waals surface area contributed by atoms with Gasteiger partial charge in [0.05, 0.1) is 23.6 Å². The van der Waals surface area contributed by atoms with Crippen molar-refractivity contribution >= 4 is 33.6 Å². The lowest BCUT2D eigenvalue weighted by Gasteiger charge is -2.31. The highest BCUT2D eigenvalue weighted by Crippen LogP contribution is 2.35. The lowest BCUT2D eigenvalue weighted by molar-refractivity contribution is -0.129. The van der Waals surface area contributed by atoms with Crippen molar-refractivity contribution in [2.45, 2.75) is 49.8 Å². The number of carbonyl (C=O) groups excluding carboxylic acids is 3. The molecule has 0 radical (unpaired) electrons. The van der Waals surface area contributed by atoms with Crippen molar-refractivity contribution in [2.75, 3.05) is 31.3 Å². The summed E-state index contributed by atoms with van der Waals surface area (Å²) in [5.41, 5.74) is 6.68. The number of carbonyl (C=O) groups is 3. The van der Waals surface area contributed by atoms with Gasteiger partial charge >= 0.3 is 6.09 Å². The molecule has 1 fully saturated rings. The molecule has 4 N–H and O–H groups in total. The molecule has 5 rings (SSSR count). The van der Waals surface area contributed by atoms with Gasteiger partial charge in [-0.3, -0.25) is 14.5 Å². The van der Waals surface area contributed by atoms with Crippen LogP contribution in [0, 0.1) is 5.92 Å². The number of ether oxygens (including phenoxy) is 3. The van der Waals surface area contributed by atoms with Crippen LogP contribution in [0.25, 0.3) is 0 Å². The molecule has 14 heteroatoms. The van der Waals surface area contributed by atoms with Gasteiger partial charge in [-0.1, -0.05) is 56.7 Å². The Morgan fingerprint density at radius 1 is 1.04 bits per heavy atom. The first-order valence-corrected chi connectivity index (χ1v) is 16.7. The number of sulfonamides is 1. The molecule has 0 aromatic heterocycles. The summed E-state index contributed by atoms with van der Waals surface area (Å²) >= 11 is 0. The number of nitrogens with one attached hydrogen (secondary N) is 1. The number of hydrogen-bond donors (Lipinski definition) is 3. The SMILES string of the molecule is CC[C@H](C)CN(C[C@@H](O)[C@H](Cc1ccccc1)NC(=O)C1CN(c2cccc(C(N)=O)c2)C(=O)O1)S(=O)(=O)c1ccc2c(c1)OCO2. The van der Waals surface area contributed by atoms with E-state index in [1.165, 1.54) is 39.5 Å². The second kappa shape index (κ2) is 14.4. The number of benzene rings is 3. The van der Waals surface area contributed by atoms with Crippen LogP contribution in [0.15, 0.2) is 77.7 Å². The zero-order valence-electron chi connectivity index (χ0n) is 26.1. The molecule has 2 heterocycles. The molecular weight excluding hydrogens is 628 g/mol. The van der Waals surface area contributed by atoms with Gasteiger partial charge in [0.15, 0.2) is 17.6 Å². The first-order valence-electron chi connectivity index (χ1n) is 15.3. The van der Waals surface area contributed by atoms with Crippen molar-refractivity contribution in [3.63, 3.8) is 0 Å². The van der Waals surface area contributed by atoms with E-state index in [1.807, 2.05) is 44.2 Å². The number of hydrogen-bond acceptors (Lipinski definition) is 9. The third-order valence-corrected chi connectivity index (χ3v) is 10.0. The highest BCUT2D eigenvalue weighted by molar-refractivity contribution is 7.89. The number of aliphatic hydroxyl groups excluding tert-OH is 1. The van der Waals surface area contributed by atoms with E-state index < -0.39 is 46.2 Å². The van der Waals surface area contributed by atoms with Crippen LogP contribution in [0.1, 0.15) is 36.2 Å². The Morgan fingerprint density at radius 3 is 2.51 bits per heavy atom. The molecule has 1 unspecified atom stereocenters. The van der Waals surface area contributed by atoms with Crippen LogP contribution in [0.2, 0.25) is 0 Å². The number of cyclic esters (lactones) is 1. The number of amides is 3. The number of rotatable bonds is 14. The Labute approximate surface area is 273 Å². The molecule has 250 valence electrons. The van der Waals surface area contributed by atoms with Crippen LogP contribution in [0.3, 0.4) is 0 Å². The molecule has 4 atom stereocenters. The zero-order chi connectivity index (χ0) is 33.7. The van der Waals surface area contributed by atoms with Gasteiger partial charge in [-0.2, -0.15) is 4.31 Å². The van der Waals surface area contributed by atoms with E-state index >= 15 is 0 Å². The van der Waals surface area contributed by atoms with E-state index in [1.54, 1.807) is 12.1 Å². The predicted molar refractivity (Wildman–Crippen MR) is 171 cm³/mol. The summed E-state index contributed by atoms with van der Waals surface area (Å²) in [4.78, 5) is 39.1. The van der Waals surface area contributed by atoms with Crippen molar-refractivity contribution in [3.8, 4) is 11.5 Å². The number of nitrogens with zero attached hydrogens (tertiary/aromatic N) is 2. The number of nitrogens with two attached hydrogens (primary N) is 1. The molecule has 3 amide bonds. The van der Waals surface area contributed by atoms with Gasteiger partial charge in [0.2, 0.25) is 22.7 Å². The van der Waals surface area contributed by atoms with Crippen molar-refractivity contribution in [2.24, 2.45) is 11.7 Å². The third-order valence-electron chi connectivity index (χ3n) is 8.22. The lowest BCUT2D eigenvalue weighted by Crippen LogP contribution is -2.53. The van der Waals surface area contributed by atoms with Gasteiger partial charge in [-0.25, -0.2) is 13.2 Å². The van der Waals surface area contributed by atoms with Gasteiger partial charge in [0.1, 0.15) is 0 Å². The summed E-state index contributed by atoms with van der Waals surface area (Å²) in [7, 11) is -4.11. The van der Waals surface area contributed by atoms with Crippen LogP contribution in [-0.2, 0) is 26.0 Å². The monoisotopic (exact) mass is 666 g/mol. The third kappa shape index (κ3) is 7.84. The lowest BCUT2D eigenvalue weighted by atomic mass is 10.0. The van der Waals surface area contributed by atoms with Gasteiger partial charge in [-0.05, 0) is 48.2 Å². The summed E-state index contributed by atoms with van der Waals surface area (Å²) in [5, 5.41) is 14.4. The van der Waals surface area contributed by atoms with Crippen molar-refractivity contribution in [1.82, 2.24) is 9.62 Å². The van der Waals surface area contributed by atoms with Gasteiger partial charge in [0.25, 0.3) is 5.91 Å². The van der Waals surface area contributed by atoms with Crippen LogP contribution < -0.4 is 25.4 Å². The van der Waals surface area contributed by atoms with E-state index in [9.17, 15) is 27.9 Å². The topological polar surface area (TPSA) is 178 Å². The Morgan fingerprint density at radius 2 is 1.79 bits per heavy atom. The maximum Gasteiger partial charge on any atom is 0.415 e. The standard InChI is InChI=1S/C33H38N4O9S/c1-3-21(2)17-36(47(42,43)25-12-13-28-29(16-25)45-20-44-28)18-27(38)26(14-22-8-5-4-6-9-22)35-32(40)30-19-37(33(41)46-30)24-11-7-10-23(15-24)31(34)39/h4-13,15-16,21,26-27,30,38H,3,14,17-20H2,1-2H3,(H2,34,39)(H,35,40)/t21-,26-,27+,30?/m0/s1. The molecule has 2 aliphatic heterocycles. The minimum absolute atomic E-state index is 0.0111. The predicted octanol–water partition coefficient (Wildman–Crippen LogP) is 2.66. The van der Waals surface area contributed by atoms with Crippen LogP contribution in [0.4, 0.5) is 10.5 Å². The molecule has 0 saturated carbocycles. The van der Waals surface area contributed by atoms with Crippen LogP contribution >= 0.6 is 0 Å². The normalized spacial score (nSPS) is 17.7. The molecule has 0 aliphatic carbocycles. The van der Waals surface area contributed by atoms with Crippen molar-refractivity contribution in [3.05, 3.63) is 83.9 Å². The van der Waals surface area contributed by atoms with Gasteiger partial charge in [0, 0.05) is 30.4 Å². The number of fused-ring (bicyclic) bond motifs is 1. The molecule has 47 heavy (non-hydrogen) atoms. The number of aliphatic hydroxyl groups is 1. The summed E-state index contributed by atoms with van der Waals surface area (Å²) < 4.78 is 45.2. The Hall–Kier alpha value is -4.66. The Balaban J connectivity index is 1.36. The van der Waals surface area contributed by atoms with E-state index in [0.29, 0.717) is 23.6 Å². The summed E-state index contributed by atoms with van der Waals surface area (Å²) in [6, 6.07) is 18.6. The fourth-order valence-electron chi connectivity index (χ4n) is 5.33. The first kappa shape index (κ1) is 33.7. The molecule has 13 nitrogen and oxygen atoms in total. The Bertz CT molecular complexity index is 1720. The van der Waals surface area contributed by atoms with E-state index in [4.69, 9.17) is 19.9 Å². The molecule has 3 aromatic rings. The second-order valence-electron chi connectivity index (χ2n) is 11.6. The van der Waals surface area contributed by atoms with E-state index in [-0.39, 0.29) is 49.2 Å². The van der Waals surface area contributed by atoms with Crippen molar-refractivity contribution < 1.29 is 42.1 Å². The van der Waals surface area contributed by atoms with Crippen LogP contribution in [0.5, 0.6) is 11.5 Å². The van der Waals surface area contributed by atoms with Crippen LogP contribution in [-0.4, -0.2) is 80.4 Å². The zero-order valence-corrected chi connectivity index (χ0v) is 26.9. The molecule has 0 bridgehead atoms. The molecule has 3 aromatic carbocycles. The smallest absolute Gasteiger partial charge is 0.415 e. The second-order valence-corrected chi connectivity index (χ2v) is 13.6. The number of primary amides is 1. The molecular formula is C33H38N4O9S. The molecule has 2 aliphatic rings. The summed E-state index contributed by atoms with van der Waals surface area (Å²) in [6.07, 6.45) is -2.52. The van der Waals surface area contributed by atoms with Gasteiger partial charge < -0.3 is 30.4 Å². The largest absolute Gasteiger partial charge is 0.454 e. The highest BCUT2D eigenvalue weighted by Gasteiger charge is 2.39. The summed E-state index contributed by atoms with van der Waals surface area (Å²) in [5.74, 6) is -0.626. The molecule has 1 saturated heterocycles. The maximum atomic E-state index is 13.9. The quantitative estimate of drug-likeness (QED) is 0.233. The highest BCUT2D eigenvalue weighted by atomic mass is 32.2. The fourth-order valence-corrected chi connectivity index (χ4v) is 6.93. The average molecular weight is 667 g/mol. The Kier molecular flexibility index (Phi) is 10.3. The minimum Gasteiger partial charge on any atom is -0.454 e. The maximum absolute atomic E-state index is 13.9.